The van der Waals surface area contributed by atoms with E-state index < -0.39 is 0 Å². The summed E-state index contributed by atoms with van der Waals surface area (Å²) in [7, 11) is 6.17. The molecule has 0 saturated carbocycles. The Hall–Kier alpha value is 0.0249. The summed E-state index contributed by atoms with van der Waals surface area (Å²) in [6.07, 6.45) is 1.04. The van der Waals surface area contributed by atoms with E-state index in [-0.39, 0.29) is 16.4 Å². The van der Waals surface area contributed by atoms with Crippen LogP contribution in [0.15, 0.2) is 0 Å². The second-order valence-electron chi connectivity index (χ2n) is 5.78. The molecule has 13 heavy (non-hydrogen) atoms. The molecule has 0 aliphatic rings. The van der Waals surface area contributed by atoms with E-state index in [1.807, 2.05) is 0 Å². The van der Waals surface area contributed by atoms with Crippen molar-refractivity contribution >= 4 is 7.85 Å². The zero-order chi connectivity index (χ0) is 10.9. The molecule has 0 rings (SSSR count). The fourth-order valence-corrected chi connectivity index (χ4v) is 1.53. The topological polar surface area (TPSA) is 12.0 Å². The third-order valence-electron chi connectivity index (χ3n) is 2.78. The van der Waals surface area contributed by atoms with Gasteiger partial charge in [0.2, 0.25) is 0 Å². The average Bonchev–Trinajstić information content (AvgIpc) is 1.81. The molecule has 0 aromatic heterocycles. The zero-order valence-corrected chi connectivity index (χ0v) is 10.3. The van der Waals surface area contributed by atoms with Gasteiger partial charge < -0.3 is 5.32 Å². The Bertz CT molecular complexity index is 164. The lowest BCUT2D eigenvalue weighted by atomic mass is 9.58. The molecular formula is C11H24BN. The summed E-state index contributed by atoms with van der Waals surface area (Å²) >= 11 is 0. The summed E-state index contributed by atoms with van der Waals surface area (Å²) in [6, 6.07) is 0. The molecule has 0 heterocycles. The van der Waals surface area contributed by atoms with Crippen molar-refractivity contribution in [1.29, 1.82) is 0 Å². The molecular weight excluding hydrogens is 157 g/mol. The molecule has 76 valence electrons. The Kier molecular flexibility index (Phi) is 3.65. The first kappa shape index (κ1) is 13.0. The van der Waals surface area contributed by atoms with Gasteiger partial charge in [-0.2, -0.15) is 0 Å². The summed E-state index contributed by atoms with van der Waals surface area (Å²) in [4.78, 5) is 0. The summed E-state index contributed by atoms with van der Waals surface area (Å²) < 4.78 is 0. The summed E-state index contributed by atoms with van der Waals surface area (Å²) in [6.45, 7) is 15.0. The predicted molar refractivity (Wildman–Crippen MR) is 61.4 cm³/mol. The molecule has 0 aromatic carbocycles. The second kappa shape index (κ2) is 3.64. The Morgan fingerprint density at radius 1 is 1.00 bits per heavy atom. The lowest BCUT2D eigenvalue weighted by molar-refractivity contribution is 0.203. The second-order valence-corrected chi connectivity index (χ2v) is 5.78. The first-order valence-corrected chi connectivity index (χ1v) is 5.10. The van der Waals surface area contributed by atoms with Crippen molar-refractivity contribution < 1.29 is 0 Å². The van der Waals surface area contributed by atoms with Crippen LogP contribution in [0, 0.1) is 0 Å². The Morgan fingerprint density at radius 2 is 1.38 bits per heavy atom. The first-order valence-electron chi connectivity index (χ1n) is 5.10. The predicted octanol–water partition coefficient (Wildman–Crippen LogP) is 2.91. The minimum absolute atomic E-state index is 0.00868. The van der Waals surface area contributed by atoms with Crippen molar-refractivity contribution in [3.05, 3.63) is 0 Å². The minimum atomic E-state index is -0.199. The lowest BCUT2D eigenvalue weighted by Gasteiger charge is -2.47. The number of hydrogen-bond acceptors (Lipinski definition) is 1. The zero-order valence-electron chi connectivity index (χ0n) is 10.3. The highest BCUT2D eigenvalue weighted by atomic mass is 15.0. The van der Waals surface area contributed by atoms with Crippen molar-refractivity contribution in [2.45, 2.75) is 71.3 Å². The van der Waals surface area contributed by atoms with Crippen LogP contribution < -0.4 is 5.32 Å². The van der Waals surface area contributed by atoms with Crippen LogP contribution in [0.5, 0.6) is 0 Å². The number of hydrogen-bond donors (Lipinski definition) is 1. The molecule has 1 N–H and O–H groups in total. The van der Waals surface area contributed by atoms with Crippen LogP contribution in [0.2, 0.25) is 5.31 Å². The summed E-state index contributed by atoms with van der Waals surface area (Å²) in [5, 5.41) is 3.40. The van der Waals surface area contributed by atoms with Crippen LogP contribution in [-0.2, 0) is 0 Å². The highest BCUT2D eigenvalue weighted by molar-refractivity contribution is 6.15. The molecule has 0 aliphatic heterocycles. The van der Waals surface area contributed by atoms with E-state index in [1.54, 1.807) is 0 Å². The van der Waals surface area contributed by atoms with E-state index in [9.17, 15) is 0 Å². The minimum Gasteiger partial charge on any atom is -0.307 e. The van der Waals surface area contributed by atoms with Crippen molar-refractivity contribution in [2.75, 3.05) is 0 Å². The van der Waals surface area contributed by atoms with E-state index in [4.69, 9.17) is 7.85 Å². The van der Waals surface area contributed by atoms with Gasteiger partial charge in [-0.1, -0.05) is 26.1 Å². The van der Waals surface area contributed by atoms with Gasteiger partial charge in [-0.25, -0.2) is 0 Å². The fraction of sp³-hybridized carbons (Fsp3) is 1.00. The maximum Gasteiger partial charge on any atom is 0.0763 e. The molecule has 2 radical (unpaired) electrons. The smallest absolute Gasteiger partial charge is 0.0763 e. The summed E-state index contributed by atoms with van der Waals surface area (Å²) in [5.74, 6) is 0. The molecule has 0 fully saturated rings. The molecule has 0 amide bonds. The van der Waals surface area contributed by atoms with Crippen molar-refractivity contribution in [3.63, 3.8) is 0 Å². The molecule has 0 aliphatic carbocycles. The van der Waals surface area contributed by atoms with Crippen LogP contribution in [-0.4, -0.2) is 18.9 Å². The van der Waals surface area contributed by atoms with E-state index in [1.165, 1.54) is 0 Å². The maximum absolute atomic E-state index is 6.17. The van der Waals surface area contributed by atoms with Gasteiger partial charge in [0.1, 0.15) is 0 Å². The third kappa shape index (κ3) is 3.72. The SMILES string of the molecule is [B]C(C)(C)C(C)(CC)NC(C)(C)C. The highest BCUT2D eigenvalue weighted by Gasteiger charge is 2.37. The van der Waals surface area contributed by atoms with Crippen LogP contribution in [0.1, 0.15) is 54.9 Å². The van der Waals surface area contributed by atoms with Crippen molar-refractivity contribution in [1.82, 2.24) is 5.32 Å². The van der Waals surface area contributed by atoms with Crippen LogP contribution in [0.25, 0.3) is 0 Å². The first-order chi connectivity index (χ1) is 5.52. The van der Waals surface area contributed by atoms with Crippen LogP contribution in [0.4, 0.5) is 0 Å². The van der Waals surface area contributed by atoms with Gasteiger partial charge in [0.05, 0.1) is 7.85 Å². The highest BCUT2D eigenvalue weighted by Crippen LogP contribution is 2.38. The van der Waals surface area contributed by atoms with Crippen molar-refractivity contribution in [3.8, 4) is 0 Å². The standard InChI is InChI=1S/C11H24BN/c1-8-11(7,10(5,6)12)13-9(2,3)4/h13H,8H2,1-7H3. The van der Waals surface area contributed by atoms with E-state index in [0.29, 0.717) is 0 Å². The molecule has 0 bridgehead atoms. The van der Waals surface area contributed by atoms with Gasteiger partial charge in [-0.3, -0.25) is 0 Å². The van der Waals surface area contributed by atoms with Crippen LogP contribution in [0.3, 0.4) is 0 Å². The van der Waals surface area contributed by atoms with Gasteiger partial charge >= 0.3 is 0 Å². The van der Waals surface area contributed by atoms with Gasteiger partial charge in [0.15, 0.2) is 0 Å². The van der Waals surface area contributed by atoms with Crippen molar-refractivity contribution in [2.24, 2.45) is 0 Å². The fourth-order valence-electron chi connectivity index (χ4n) is 1.53. The van der Waals surface area contributed by atoms with Crippen LogP contribution >= 0.6 is 0 Å². The Morgan fingerprint density at radius 3 is 1.46 bits per heavy atom. The lowest BCUT2D eigenvalue weighted by Crippen LogP contribution is -2.57. The van der Waals surface area contributed by atoms with E-state index in [0.717, 1.165) is 6.42 Å². The summed E-state index contributed by atoms with van der Waals surface area (Å²) in [5.41, 5.74) is 0.104. The largest absolute Gasteiger partial charge is 0.307 e. The van der Waals surface area contributed by atoms with Gasteiger partial charge in [0.25, 0.3) is 0 Å². The number of rotatable bonds is 3. The van der Waals surface area contributed by atoms with E-state index >= 15 is 0 Å². The van der Waals surface area contributed by atoms with E-state index in [2.05, 4.69) is 53.8 Å². The Labute approximate surface area is 85.1 Å². The normalized spacial score (nSPS) is 18.4. The third-order valence-corrected chi connectivity index (χ3v) is 2.78. The van der Waals surface area contributed by atoms with Gasteiger partial charge in [0, 0.05) is 11.1 Å². The molecule has 1 unspecified atom stereocenters. The molecule has 0 spiro atoms. The average molecular weight is 181 g/mol. The molecule has 0 saturated heterocycles. The van der Waals surface area contributed by atoms with Gasteiger partial charge in [-0.05, 0) is 34.1 Å². The molecule has 0 aromatic rings. The van der Waals surface area contributed by atoms with Gasteiger partial charge in [-0.15, -0.1) is 0 Å². The molecule has 1 nitrogen and oxygen atoms in total. The number of nitrogens with one attached hydrogen (secondary N) is 1. The molecule has 2 heteroatoms. The maximum atomic E-state index is 6.17. The monoisotopic (exact) mass is 181 g/mol. The molecule has 1 atom stereocenters. The Balaban J connectivity index is 4.67. The quantitative estimate of drug-likeness (QED) is 0.660.